The van der Waals surface area contributed by atoms with E-state index in [0.29, 0.717) is 47.8 Å². The van der Waals surface area contributed by atoms with Gasteiger partial charge in [0, 0.05) is 57.0 Å². The zero-order valence-corrected chi connectivity index (χ0v) is 40.8. The molecular weight excluding hydrogens is 906 g/mol. The largest absolute Gasteiger partial charge is 0.448 e. The van der Waals surface area contributed by atoms with Gasteiger partial charge < -0.3 is 29.9 Å². The minimum atomic E-state index is -0.702. The number of nitrogens with zero attached hydrogens (tertiary/aromatic N) is 4. The van der Waals surface area contributed by atoms with Gasteiger partial charge >= 0.3 is 12.2 Å². The molecule has 15 nitrogen and oxygen atoms in total. The van der Waals surface area contributed by atoms with Crippen LogP contribution in [0.3, 0.4) is 0 Å². The van der Waals surface area contributed by atoms with Gasteiger partial charge in [-0.25, -0.2) is 19.1 Å². The van der Waals surface area contributed by atoms with Gasteiger partial charge in [0.05, 0.1) is 16.6 Å². The molecule has 3 aliphatic rings. The van der Waals surface area contributed by atoms with Crippen molar-refractivity contribution >= 4 is 40.7 Å². The first-order chi connectivity index (χ1) is 34.2. The van der Waals surface area contributed by atoms with Crippen LogP contribution in [0.1, 0.15) is 111 Å². The fourth-order valence-corrected chi connectivity index (χ4v) is 10.1. The van der Waals surface area contributed by atoms with Gasteiger partial charge in [-0.1, -0.05) is 92.1 Å². The first kappa shape index (κ1) is 50.3. The Morgan fingerprint density at radius 2 is 1.46 bits per heavy atom. The van der Waals surface area contributed by atoms with E-state index >= 15 is 4.39 Å². The summed E-state index contributed by atoms with van der Waals surface area (Å²) in [5.41, 5.74) is 4.44. The van der Waals surface area contributed by atoms with Crippen LogP contribution in [-0.2, 0) is 25.5 Å². The predicted molar refractivity (Wildman–Crippen MR) is 267 cm³/mol. The monoisotopic (exact) mass is 969 g/mol. The number of hydrogen-bond donors (Lipinski definition) is 3. The summed E-state index contributed by atoms with van der Waals surface area (Å²) < 4.78 is 26.8. The van der Waals surface area contributed by atoms with Crippen molar-refractivity contribution in [1.82, 2.24) is 35.5 Å². The third-order valence-electron chi connectivity index (χ3n) is 13.7. The number of hydrogen-bond acceptors (Lipinski definition) is 9. The quantitative estimate of drug-likeness (QED) is 0.0827. The summed E-state index contributed by atoms with van der Waals surface area (Å²) >= 11 is 0. The Morgan fingerprint density at radius 3 is 2.15 bits per heavy atom. The van der Waals surface area contributed by atoms with Crippen molar-refractivity contribution in [3.05, 3.63) is 135 Å². The van der Waals surface area contributed by atoms with E-state index in [-0.39, 0.29) is 87.1 Å². The lowest BCUT2D eigenvalue weighted by atomic mass is 9.83. The fourth-order valence-electron chi connectivity index (χ4n) is 10.1. The number of nitrogens with one attached hydrogen (secondary N) is 3. The lowest BCUT2D eigenvalue weighted by Gasteiger charge is -2.36. The smallest absolute Gasteiger partial charge is 0.410 e. The summed E-state index contributed by atoms with van der Waals surface area (Å²) in [4.78, 5) is 84.9. The highest BCUT2D eigenvalue weighted by molar-refractivity contribution is 5.95. The molecule has 0 radical (unpaired) electrons. The van der Waals surface area contributed by atoms with E-state index in [0.717, 1.165) is 54.4 Å². The molecule has 2 aliphatic carbocycles. The molecule has 0 spiro atoms. The van der Waals surface area contributed by atoms with Gasteiger partial charge in [0.15, 0.2) is 0 Å². The summed E-state index contributed by atoms with van der Waals surface area (Å²) in [5.74, 6) is -1.89. The molecule has 5 amide bonds. The van der Waals surface area contributed by atoms with E-state index in [4.69, 9.17) is 9.47 Å². The summed E-state index contributed by atoms with van der Waals surface area (Å²) in [6.45, 7) is 6.45. The molecule has 16 heteroatoms. The van der Waals surface area contributed by atoms with Crippen molar-refractivity contribution in [2.75, 3.05) is 52.4 Å². The van der Waals surface area contributed by atoms with Crippen LogP contribution >= 0.6 is 0 Å². The van der Waals surface area contributed by atoms with Crippen LogP contribution in [0, 0.1) is 11.7 Å². The highest BCUT2D eigenvalue weighted by Gasteiger charge is 2.34. The number of H-pyrrole nitrogens is 1. The molecule has 8 rings (SSSR count). The molecule has 3 N–H and O–H groups in total. The minimum absolute atomic E-state index is 0.0171. The number of aromatic amines is 1. The molecule has 71 heavy (non-hydrogen) atoms. The number of benzene rings is 4. The molecule has 1 atom stereocenters. The maximum Gasteiger partial charge on any atom is 0.410 e. The van der Waals surface area contributed by atoms with E-state index in [2.05, 4.69) is 33.0 Å². The highest BCUT2D eigenvalue weighted by Crippen LogP contribution is 2.44. The molecule has 5 aromatic rings. The SMILES string of the molecule is CC(C)(C)OC(=O)N[C@@H](C(=O)NCCCCCN(CC(=O)N1CCN(C(=O)c2cc(Cc3n[nH]c(=O)c4ccccc34)ccc2F)CC1)C(=O)OCC1c2ccccc2-c2ccccc21)C1CCCCC1. The summed E-state index contributed by atoms with van der Waals surface area (Å²) in [5, 5.41) is 13.7. The lowest BCUT2D eigenvalue weighted by Crippen LogP contribution is -2.53. The molecule has 2 heterocycles. The van der Waals surface area contributed by atoms with Crippen LogP contribution < -0.4 is 16.2 Å². The summed E-state index contributed by atoms with van der Waals surface area (Å²) in [6.07, 6.45) is 5.56. The van der Waals surface area contributed by atoms with Crippen molar-refractivity contribution in [2.24, 2.45) is 5.92 Å². The van der Waals surface area contributed by atoms with Gasteiger partial charge in [-0.05, 0) is 105 Å². The Hall–Kier alpha value is -7.10. The number of carbonyl (C=O) groups is 5. The number of carbonyl (C=O) groups excluding carboxylic acids is 5. The van der Waals surface area contributed by atoms with E-state index in [1.807, 2.05) is 42.5 Å². The molecule has 0 bridgehead atoms. The number of piperazine rings is 1. The summed E-state index contributed by atoms with van der Waals surface area (Å²) in [7, 11) is 0. The maximum atomic E-state index is 15.3. The number of rotatable bonds is 16. The molecule has 0 unspecified atom stereocenters. The molecule has 1 aliphatic heterocycles. The average Bonchev–Trinajstić information content (AvgIpc) is 3.69. The standard InChI is InChI=1S/C55H64FN7O8/c1-55(2,3)71-53(68)58-49(37-16-6-4-7-17-37)51(66)57-26-14-5-15-27-63(54(69)70-35-45-40-20-10-8-18-38(40)39-19-9-11-21-41(39)45)34-48(64)61-28-30-62(31-29-61)52(67)44-32-36(24-25-46(44)56)33-47-42-22-12-13-23-43(42)50(65)60-59-47/h8-13,18-25,32,37,45,49H,4-7,14-17,26-31,33-35H2,1-3H3,(H,57,66)(H,58,68)(H,60,65)/t49-/m1/s1. The van der Waals surface area contributed by atoms with Crippen LogP contribution in [-0.4, -0.2) is 119 Å². The number of aromatic nitrogens is 2. The van der Waals surface area contributed by atoms with Crippen LogP contribution in [0.4, 0.5) is 14.0 Å². The fraction of sp³-hybridized carbons (Fsp3) is 0.436. The first-order valence-corrected chi connectivity index (χ1v) is 24.9. The second-order valence-corrected chi connectivity index (χ2v) is 19.8. The van der Waals surface area contributed by atoms with Gasteiger partial charge in [0.1, 0.15) is 30.6 Å². The van der Waals surface area contributed by atoms with Crippen LogP contribution in [0.2, 0.25) is 0 Å². The van der Waals surface area contributed by atoms with Crippen LogP contribution in [0.25, 0.3) is 21.9 Å². The van der Waals surface area contributed by atoms with Gasteiger partial charge in [-0.3, -0.25) is 24.1 Å². The second kappa shape index (κ2) is 22.8. The minimum Gasteiger partial charge on any atom is -0.448 e. The van der Waals surface area contributed by atoms with E-state index in [1.54, 1.807) is 49.9 Å². The number of alkyl carbamates (subject to hydrolysis) is 1. The Labute approximate surface area is 413 Å². The predicted octanol–water partition coefficient (Wildman–Crippen LogP) is 7.95. The average molecular weight is 970 g/mol. The number of amides is 5. The van der Waals surface area contributed by atoms with Gasteiger partial charge in [-0.2, -0.15) is 5.10 Å². The highest BCUT2D eigenvalue weighted by atomic mass is 19.1. The number of halogens is 1. The third-order valence-corrected chi connectivity index (χ3v) is 13.7. The zero-order valence-electron chi connectivity index (χ0n) is 40.8. The topological polar surface area (TPSA) is 183 Å². The van der Waals surface area contributed by atoms with Crippen molar-refractivity contribution in [2.45, 2.75) is 96.1 Å². The van der Waals surface area contributed by atoms with Crippen molar-refractivity contribution in [1.29, 1.82) is 0 Å². The van der Waals surface area contributed by atoms with Gasteiger partial charge in [0.25, 0.3) is 11.5 Å². The molecule has 374 valence electrons. The van der Waals surface area contributed by atoms with Gasteiger partial charge in [-0.15, -0.1) is 0 Å². The molecule has 1 saturated carbocycles. The van der Waals surface area contributed by atoms with E-state index < -0.39 is 35.6 Å². The maximum absolute atomic E-state index is 15.3. The molecular formula is C55H64FN7O8. The summed E-state index contributed by atoms with van der Waals surface area (Å²) in [6, 6.07) is 26.9. The molecule has 2 fully saturated rings. The molecule has 1 aromatic heterocycles. The second-order valence-electron chi connectivity index (χ2n) is 19.8. The van der Waals surface area contributed by atoms with Crippen molar-refractivity contribution < 1.29 is 37.8 Å². The Kier molecular flexibility index (Phi) is 16.1. The van der Waals surface area contributed by atoms with E-state index in [1.165, 1.54) is 21.9 Å². The normalized spacial score (nSPS) is 15.4. The molecule has 4 aromatic carbocycles. The molecule has 1 saturated heterocycles. The van der Waals surface area contributed by atoms with Crippen molar-refractivity contribution in [3.63, 3.8) is 0 Å². The van der Waals surface area contributed by atoms with Gasteiger partial charge in [0.2, 0.25) is 11.8 Å². The number of unbranched alkanes of at least 4 members (excludes halogenated alkanes) is 2. The van der Waals surface area contributed by atoms with Crippen LogP contribution in [0.15, 0.2) is 95.8 Å². The third kappa shape index (κ3) is 12.4. The Bertz CT molecular complexity index is 2750. The Morgan fingerprint density at radius 1 is 0.817 bits per heavy atom. The van der Waals surface area contributed by atoms with Crippen LogP contribution in [0.5, 0.6) is 0 Å². The number of ether oxygens (including phenoxy) is 2. The number of fused-ring (bicyclic) bond motifs is 4. The zero-order chi connectivity index (χ0) is 50.1. The first-order valence-electron chi connectivity index (χ1n) is 24.9. The Balaban J connectivity index is 0.877. The van der Waals surface area contributed by atoms with E-state index in [9.17, 15) is 28.8 Å². The lowest BCUT2D eigenvalue weighted by molar-refractivity contribution is -0.133. The van der Waals surface area contributed by atoms with Crippen molar-refractivity contribution in [3.8, 4) is 11.1 Å².